The number of ether oxygens (including phenoxy) is 1. The average Bonchev–Trinajstić information content (AvgIpc) is 2.48. The van der Waals surface area contributed by atoms with E-state index in [-0.39, 0.29) is 12.0 Å². The Morgan fingerprint density at radius 1 is 1.26 bits per heavy atom. The molecule has 2 atom stereocenters. The van der Waals surface area contributed by atoms with Gasteiger partial charge >= 0.3 is 0 Å². The molecule has 0 radical (unpaired) electrons. The van der Waals surface area contributed by atoms with Crippen LogP contribution in [-0.4, -0.2) is 98.8 Å². The molecule has 23 heavy (non-hydrogen) atoms. The fourth-order valence-corrected chi connectivity index (χ4v) is 3.47. The van der Waals surface area contributed by atoms with Crippen molar-refractivity contribution in [1.82, 2.24) is 20.0 Å². The molecule has 2 aliphatic rings. The molecule has 0 aromatic carbocycles. The van der Waals surface area contributed by atoms with Crippen LogP contribution in [0.15, 0.2) is 0 Å². The minimum Gasteiger partial charge on any atom is -0.374 e. The number of piperazine rings is 1. The van der Waals surface area contributed by atoms with Gasteiger partial charge in [0.05, 0.1) is 19.3 Å². The summed E-state index contributed by atoms with van der Waals surface area (Å²) in [4.78, 5) is 19.2. The number of rotatable bonds is 6. The van der Waals surface area contributed by atoms with E-state index in [1.807, 2.05) is 0 Å². The highest BCUT2D eigenvalue weighted by molar-refractivity contribution is 5.78. The zero-order chi connectivity index (χ0) is 16.8. The Hall–Kier alpha value is -0.690. The minimum atomic E-state index is 0.117. The normalized spacial score (nSPS) is 28.2. The predicted molar refractivity (Wildman–Crippen MR) is 92.6 cm³/mol. The lowest BCUT2D eigenvalue weighted by atomic mass is 10.2. The molecule has 6 heteroatoms. The third-order valence-electron chi connectivity index (χ3n) is 4.69. The Bertz CT molecular complexity index is 378. The van der Waals surface area contributed by atoms with Gasteiger partial charge in [-0.3, -0.25) is 14.6 Å². The molecule has 0 aromatic rings. The summed E-state index contributed by atoms with van der Waals surface area (Å²) in [5, 5.41) is 3.06. The molecule has 0 unspecified atom stereocenters. The first-order valence-electron chi connectivity index (χ1n) is 8.97. The minimum absolute atomic E-state index is 0.117. The van der Waals surface area contributed by atoms with Crippen LogP contribution in [0.2, 0.25) is 0 Å². The molecule has 2 aliphatic heterocycles. The van der Waals surface area contributed by atoms with Gasteiger partial charge in [-0.05, 0) is 19.9 Å². The molecular weight excluding hydrogens is 292 g/mol. The summed E-state index contributed by atoms with van der Waals surface area (Å²) in [6.45, 7) is 14.6. The number of nitrogens with one attached hydrogen (secondary N) is 1. The summed E-state index contributed by atoms with van der Waals surface area (Å²) in [7, 11) is 2.14. The van der Waals surface area contributed by atoms with Gasteiger partial charge in [0.15, 0.2) is 0 Å². The van der Waals surface area contributed by atoms with Crippen LogP contribution in [0.3, 0.4) is 0 Å². The molecule has 0 saturated carbocycles. The van der Waals surface area contributed by atoms with E-state index in [0.717, 1.165) is 45.9 Å². The second kappa shape index (κ2) is 8.97. The topological polar surface area (TPSA) is 48.1 Å². The smallest absolute Gasteiger partial charge is 0.234 e. The fraction of sp³-hybridized carbons (Fsp3) is 0.941. The first-order chi connectivity index (χ1) is 10.9. The zero-order valence-electron chi connectivity index (χ0n) is 15.3. The summed E-state index contributed by atoms with van der Waals surface area (Å²) >= 11 is 0. The molecule has 0 bridgehead atoms. The van der Waals surface area contributed by atoms with Gasteiger partial charge in [0.25, 0.3) is 0 Å². The second-order valence-corrected chi connectivity index (χ2v) is 7.53. The van der Waals surface area contributed by atoms with E-state index in [0.29, 0.717) is 25.0 Å². The Kier molecular flexibility index (Phi) is 7.27. The Balaban J connectivity index is 1.67. The van der Waals surface area contributed by atoms with Crippen LogP contribution in [-0.2, 0) is 9.53 Å². The summed E-state index contributed by atoms with van der Waals surface area (Å²) in [6.07, 6.45) is 0.122. The van der Waals surface area contributed by atoms with E-state index in [1.54, 1.807) is 0 Å². The highest BCUT2D eigenvalue weighted by Gasteiger charge is 2.25. The van der Waals surface area contributed by atoms with Gasteiger partial charge in [-0.1, -0.05) is 13.8 Å². The van der Waals surface area contributed by atoms with Crippen LogP contribution in [0.4, 0.5) is 0 Å². The van der Waals surface area contributed by atoms with Crippen LogP contribution in [0, 0.1) is 5.92 Å². The zero-order valence-corrected chi connectivity index (χ0v) is 15.3. The maximum absolute atomic E-state index is 12.2. The van der Waals surface area contributed by atoms with Crippen molar-refractivity contribution < 1.29 is 9.53 Å². The number of likely N-dealkylation sites (N-methyl/N-ethyl adjacent to an activating group) is 1. The highest BCUT2D eigenvalue weighted by atomic mass is 16.5. The van der Waals surface area contributed by atoms with Gasteiger partial charge in [-0.2, -0.15) is 0 Å². The lowest BCUT2D eigenvalue weighted by Crippen LogP contribution is -2.54. The molecule has 1 amide bonds. The maximum atomic E-state index is 12.2. The lowest BCUT2D eigenvalue weighted by Gasteiger charge is -2.38. The largest absolute Gasteiger partial charge is 0.374 e. The molecule has 0 spiro atoms. The van der Waals surface area contributed by atoms with Crippen molar-refractivity contribution in [3.63, 3.8) is 0 Å². The monoisotopic (exact) mass is 326 g/mol. The van der Waals surface area contributed by atoms with E-state index < -0.39 is 0 Å². The number of carbonyl (C=O) groups excluding carboxylic acids is 1. The van der Waals surface area contributed by atoms with E-state index in [2.05, 4.69) is 47.8 Å². The molecule has 0 aliphatic carbocycles. The Morgan fingerprint density at radius 2 is 2.04 bits per heavy atom. The average molecular weight is 326 g/mol. The first-order valence-corrected chi connectivity index (χ1v) is 8.97. The van der Waals surface area contributed by atoms with Crippen molar-refractivity contribution in [2.24, 2.45) is 5.92 Å². The standard InChI is InChI=1S/C17H34N4O2/c1-14(2)10-20-7-8-23-16(12-20)9-18-17(22)13-21-6-5-19(4)11-15(21)3/h14-16H,5-13H2,1-4H3,(H,18,22)/t15-,16-/m0/s1. The van der Waals surface area contributed by atoms with E-state index >= 15 is 0 Å². The van der Waals surface area contributed by atoms with Crippen molar-refractivity contribution in [3.05, 3.63) is 0 Å². The quantitative estimate of drug-likeness (QED) is 0.750. The van der Waals surface area contributed by atoms with Crippen molar-refractivity contribution in [3.8, 4) is 0 Å². The van der Waals surface area contributed by atoms with Crippen LogP contribution >= 0.6 is 0 Å². The summed E-state index contributed by atoms with van der Waals surface area (Å²) in [5.41, 5.74) is 0. The number of morpholine rings is 1. The molecule has 2 saturated heterocycles. The number of hydrogen-bond donors (Lipinski definition) is 1. The summed E-state index contributed by atoms with van der Waals surface area (Å²) in [6, 6.07) is 0.437. The highest BCUT2D eigenvalue weighted by Crippen LogP contribution is 2.08. The van der Waals surface area contributed by atoms with Gasteiger partial charge in [0.1, 0.15) is 0 Å². The summed E-state index contributed by atoms with van der Waals surface area (Å²) < 4.78 is 5.79. The fourth-order valence-electron chi connectivity index (χ4n) is 3.47. The van der Waals surface area contributed by atoms with Gasteiger partial charge in [-0.25, -0.2) is 0 Å². The van der Waals surface area contributed by atoms with Gasteiger partial charge in [-0.15, -0.1) is 0 Å². The van der Waals surface area contributed by atoms with Crippen molar-refractivity contribution in [2.45, 2.75) is 32.9 Å². The third kappa shape index (κ3) is 6.37. The molecular formula is C17H34N4O2. The van der Waals surface area contributed by atoms with E-state index in [4.69, 9.17) is 4.74 Å². The maximum Gasteiger partial charge on any atom is 0.234 e. The number of hydrogen-bond acceptors (Lipinski definition) is 5. The predicted octanol–water partition coefficient (Wildman–Crippen LogP) is 0.0953. The molecule has 2 rings (SSSR count). The SMILES string of the molecule is CC(C)CN1CCO[C@@H](CNC(=O)CN2CCN(C)C[C@@H]2C)C1. The molecule has 6 nitrogen and oxygen atoms in total. The van der Waals surface area contributed by atoms with Gasteiger partial charge in [0, 0.05) is 51.9 Å². The van der Waals surface area contributed by atoms with Gasteiger partial charge in [0.2, 0.25) is 5.91 Å². The summed E-state index contributed by atoms with van der Waals surface area (Å²) in [5.74, 6) is 0.785. The third-order valence-corrected chi connectivity index (χ3v) is 4.69. The number of carbonyl (C=O) groups is 1. The van der Waals surface area contributed by atoms with E-state index in [1.165, 1.54) is 0 Å². The van der Waals surface area contributed by atoms with Crippen molar-refractivity contribution in [1.29, 1.82) is 0 Å². The number of nitrogens with zero attached hydrogens (tertiary/aromatic N) is 3. The van der Waals surface area contributed by atoms with Crippen LogP contribution < -0.4 is 5.32 Å². The van der Waals surface area contributed by atoms with Crippen molar-refractivity contribution >= 4 is 5.91 Å². The molecule has 1 N–H and O–H groups in total. The Morgan fingerprint density at radius 3 is 2.74 bits per heavy atom. The van der Waals surface area contributed by atoms with E-state index in [9.17, 15) is 4.79 Å². The number of amides is 1. The molecule has 134 valence electrons. The first kappa shape index (κ1) is 18.6. The lowest BCUT2D eigenvalue weighted by molar-refractivity contribution is -0.124. The molecule has 2 fully saturated rings. The molecule has 0 aromatic heterocycles. The Labute approximate surface area is 141 Å². The van der Waals surface area contributed by atoms with Crippen LogP contribution in [0.1, 0.15) is 20.8 Å². The van der Waals surface area contributed by atoms with Gasteiger partial charge < -0.3 is 15.0 Å². The second-order valence-electron chi connectivity index (χ2n) is 7.53. The van der Waals surface area contributed by atoms with Crippen LogP contribution in [0.25, 0.3) is 0 Å². The van der Waals surface area contributed by atoms with Crippen molar-refractivity contribution in [2.75, 3.05) is 66.0 Å². The van der Waals surface area contributed by atoms with Crippen LogP contribution in [0.5, 0.6) is 0 Å². The molecule has 2 heterocycles.